The number of rotatable bonds is 1. The van der Waals surface area contributed by atoms with E-state index in [2.05, 4.69) is 5.32 Å². The van der Waals surface area contributed by atoms with Gasteiger partial charge in [0.05, 0.1) is 5.02 Å². The van der Waals surface area contributed by atoms with Gasteiger partial charge in [-0.05, 0) is 37.9 Å². The Morgan fingerprint density at radius 1 is 1.31 bits per heavy atom. The van der Waals surface area contributed by atoms with Crippen LogP contribution in [-0.4, -0.2) is 6.54 Å². The van der Waals surface area contributed by atoms with E-state index in [1.54, 1.807) is 6.92 Å². The van der Waals surface area contributed by atoms with Crippen molar-refractivity contribution in [2.45, 2.75) is 32.2 Å². The second-order valence-electron chi connectivity index (χ2n) is 4.22. The van der Waals surface area contributed by atoms with E-state index in [4.69, 9.17) is 11.6 Å². The zero-order valence-corrected chi connectivity index (χ0v) is 9.87. The van der Waals surface area contributed by atoms with Gasteiger partial charge in [0.25, 0.3) is 0 Å². The third-order valence-electron chi connectivity index (χ3n) is 3.03. The second kappa shape index (κ2) is 4.68. The second-order valence-corrected chi connectivity index (χ2v) is 4.63. The molecule has 0 radical (unpaired) electrons. The Labute approximate surface area is 98.8 Å². The van der Waals surface area contributed by atoms with E-state index in [9.17, 15) is 8.78 Å². The predicted octanol–water partition coefficient (Wildman–Crippen LogP) is 3.74. The Hall–Kier alpha value is -0.670. The summed E-state index contributed by atoms with van der Waals surface area (Å²) in [6.45, 7) is 2.40. The molecule has 1 atom stereocenters. The van der Waals surface area contributed by atoms with Crippen molar-refractivity contribution in [1.29, 1.82) is 0 Å². The Balaban J connectivity index is 2.45. The molecular formula is C12H14ClF2N. The molecule has 1 N–H and O–H groups in total. The van der Waals surface area contributed by atoms with Gasteiger partial charge in [-0.3, -0.25) is 0 Å². The zero-order chi connectivity index (χ0) is 11.7. The minimum atomic E-state index is -0.621. The van der Waals surface area contributed by atoms with E-state index in [0.29, 0.717) is 5.56 Å². The summed E-state index contributed by atoms with van der Waals surface area (Å²) in [5.41, 5.74) is 0.499. The highest BCUT2D eigenvalue weighted by Crippen LogP contribution is 2.32. The number of hydrogen-bond donors (Lipinski definition) is 1. The molecule has 1 heterocycles. The molecule has 0 spiro atoms. The average Bonchev–Trinajstić information content (AvgIpc) is 2.28. The van der Waals surface area contributed by atoms with E-state index in [1.807, 2.05) is 0 Å². The number of aryl methyl sites for hydroxylation is 1. The first-order chi connectivity index (χ1) is 7.61. The number of benzene rings is 1. The SMILES string of the molecule is Cc1cc(Cl)c(F)c(C2CCCCN2)c1F. The van der Waals surface area contributed by atoms with Crippen LogP contribution in [0.15, 0.2) is 6.07 Å². The molecule has 1 nitrogen and oxygen atoms in total. The van der Waals surface area contributed by atoms with E-state index in [1.165, 1.54) is 6.07 Å². The topological polar surface area (TPSA) is 12.0 Å². The van der Waals surface area contributed by atoms with Gasteiger partial charge in [-0.2, -0.15) is 0 Å². The maximum atomic E-state index is 13.9. The molecule has 0 saturated carbocycles. The summed E-state index contributed by atoms with van der Waals surface area (Å²) in [7, 11) is 0. The highest BCUT2D eigenvalue weighted by Gasteiger charge is 2.24. The number of halogens is 3. The van der Waals surface area contributed by atoms with Crippen LogP contribution in [-0.2, 0) is 0 Å². The van der Waals surface area contributed by atoms with Gasteiger partial charge in [-0.15, -0.1) is 0 Å². The highest BCUT2D eigenvalue weighted by atomic mass is 35.5. The van der Waals surface area contributed by atoms with Gasteiger partial charge < -0.3 is 5.32 Å². The van der Waals surface area contributed by atoms with Crippen molar-refractivity contribution in [3.8, 4) is 0 Å². The molecule has 0 aliphatic carbocycles. The van der Waals surface area contributed by atoms with Crippen molar-refractivity contribution in [2.75, 3.05) is 6.54 Å². The average molecular weight is 246 g/mol. The molecule has 0 aromatic heterocycles. The molecule has 1 unspecified atom stereocenters. The van der Waals surface area contributed by atoms with Crippen LogP contribution in [0.5, 0.6) is 0 Å². The molecule has 1 aliphatic rings. The minimum Gasteiger partial charge on any atom is -0.310 e. The van der Waals surface area contributed by atoms with Crippen molar-refractivity contribution < 1.29 is 8.78 Å². The van der Waals surface area contributed by atoms with Gasteiger partial charge in [0, 0.05) is 11.6 Å². The summed E-state index contributed by atoms with van der Waals surface area (Å²) in [6.07, 6.45) is 2.80. The lowest BCUT2D eigenvalue weighted by Crippen LogP contribution is -2.28. The lowest BCUT2D eigenvalue weighted by Gasteiger charge is -2.25. The third kappa shape index (κ3) is 2.06. The molecule has 1 aromatic rings. The van der Waals surface area contributed by atoms with E-state index < -0.39 is 11.6 Å². The molecule has 88 valence electrons. The maximum absolute atomic E-state index is 13.9. The summed E-state index contributed by atoms with van der Waals surface area (Å²) < 4.78 is 27.7. The van der Waals surface area contributed by atoms with Crippen LogP contribution in [0, 0.1) is 18.6 Å². The fraction of sp³-hybridized carbons (Fsp3) is 0.500. The normalized spacial score (nSPS) is 21.1. The van der Waals surface area contributed by atoms with Crippen LogP contribution in [0.3, 0.4) is 0 Å². The highest BCUT2D eigenvalue weighted by molar-refractivity contribution is 6.30. The first-order valence-corrected chi connectivity index (χ1v) is 5.86. The Morgan fingerprint density at radius 2 is 2.06 bits per heavy atom. The van der Waals surface area contributed by atoms with Crippen molar-refractivity contribution >= 4 is 11.6 Å². The van der Waals surface area contributed by atoms with E-state index in [-0.39, 0.29) is 16.6 Å². The largest absolute Gasteiger partial charge is 0.310 e. The van der Waals surface area contributed by atoms with Crippen LogP contribution in [0.25, 0.3) is 0 Å². The van der Waals surface area contributed by atoms with Crippen molar-refractivity contribution in [1.82, 2.24) is 5.32 Å². The van der Waals surface area contributed by atoms with Crippen LogP contribution < -0.4 is 5.32 Å². The van der Waals surface area contributed by atoms with E-state index >= 15 is 0 Å². The molecule has 1 saturated heterocycles. The van der Waals surface area contributed by atoms with Crippen molar-refractivity contribution in [3.63, 3.8) is 0 Å². The van der Waals surface area contributed by atoms with Gasteiger partial charge in [0.2, 0.25) is 0 Å². The fourth-order valence-corrected chi connectivity index (χ4v) is 2.42. The fourth-order valence-electron chi connectivity index (χ4n) is 2.16. The summed E-state index contributed by atoms with van der Waals surface area (Å²) in [5.74, 6) is -1.09. The quantitative estimate of drug-likeness (QED) is 0.744. The van der Waals surface area contributed by atoms with Crippen LogP contribution in [0.2, 0.25) is 5.02 Å². The van der Waals surface area contributed by atoms with Gasteiger partial charge in [-0.25, -0.2) is 8.78 Å². The monoisotopic (exact) mass is 245 g/mol. The Kier molecular flexibility index (Phi) is 3.45. The summed E-state index contributed by atoms with van der Waals surface area (Å²) in [5, 5.41) is 3.13. The van der Waals surface area contributed by atoms with E-state index in [0.717, 1.165) is 25.8 Å². The summed E-state index contributed by atoms with van der Waals surface area (Å²) >= 11 is 5.74. The Morgan fingerprint density at radius 3 is 2.69 bits per heavy atom. The Bertz CT molecular complexity index is 374. The van der Waals surface area contributed by atoms with Gasteiger partial charge in [0.1, 0.15) is 11.6 Å². The lowest BCUT2D eigenvalue weighted by atomic mass is 9.95. The van der Waals surface area contributed by atoms with Crippen LogP contribution in [0.1, 0.15) is 36.4 Å². The molecular weight excluding hydrogens is 232 g/mol. The standard InChI is InChI=1S/C12H14ClF2N/c1-7-6-8(13)12(15)10(11(7)14)9-4-2-3-5-16-9/h6,9,16H,2-5H2,1H3. The number of piperidine rings is 1. The molecule has 1 aliphatic heterocycles. The smallest absolute Gasteiger partial charge is 0.149 e. The first kappa shape index (κ1) is 11.8. The van der Waals surface area contributed by atoms with Crippen molar-refractivity contribution in [2.24, 2.45) is 0 Å². The molecule has 1 fully saturated rings. The molecule has 1 aromatic carbocycles. The number of hydrogen-bond acceptors (Lipinski definition) is 1. The van der Waals surface area contributed by atoms with Gasteiger partial charge in [-0.1, -0.05) is 18.0 Å². The third-order valence-corrected chi connectivity index (χ3v) is 3.31. The summed E-state index contributed by atoms with van der Waals surface area (Å²) in [4.78, 5) is 0. The molecule has 16 heavy (non-hydrogen) atoms. The molecule has 4 heteroatoms. The lowest BCUT2D eigenvalue weighted by molar-refractivity contribution is 0.384. The minimum absolute atomic E-state index is 0.00118. The predicted molar refractivity (Wildman–Crippen MR) is 60.7 cm³/mol. The first-order valence-electron chi connectivity index (χ1n) is 5.48. The molecule has 0 bridgehead atoms. The van der Waals surface area contributed by atoms with Gasteiger partial charge >= 0.3 is 0 Å². The molecule has 0 amide bonds. The number of nitrogens with one attached hydrogen (secondary N) is 1. The summed E-state index contributed by atoms with van der Waals surface area (Å²) in [6, 6.07) is 1.09. The van der Waals surface area contributed by atoms with Crippen LogP contribution >= 0.6 is 11.6 Å². The molecule has 2 rings (SSSR count). The zero-order valence-electron chi connectivity index (χ0n) is 9.12. The van der Waals surface area contributed by atoms with Gasteiger partial charge in [0.15, 0.2) is 0 Å². The van der Waals surface area contributed by atoms with Crippen molar-refractivity contribution in [3.05, 3.63) is 33.9 Å². The maximum Gasteiger partial charge on any atom is 0.149 e. The van der Waals surface area contributed by atoms with Crippen LogP contribution in [0.4, 0.5) is 8.78 Å².